The van der Waals surface area contributed by atoms with Gasteiger partial charge in [-0.25, -0.2) is 9.67 Å². The molecule has 2 heterocycles. The lowest BCUT2D eigenvalue weighted by Gasteiger charge is -2.03. The minimum Gasteiger partial charge on any atom is -0.399 e. The summed E-state index contributed by atoms with van der Waals surface area (Å²) < 4.78 is 3.83. The minimum absolute atomic E-state index is 0.762. The van der Waals surface area contributed by atoms with E-state index < -0.39 is 0 Å². The van der Waals surface area contributed by atoms with Gasteiger partial charge >= 0.3 is 0 Å². The highest BCUT2D eigenvalue weighted by Crippen LogP contribution is 2.20. The maximum atomic E-state index is 5.69. The molecule has 3 aromatic rings. The standard InChI is InChI=1S/C14H15N5/c1-2-18-8-7-16-14(18)19-10-12(9-17-19)11-3-5-13(15)6-4-11/h3-10H,2,15H2,1H3. The fraction of sp³-hybridized carbons (Fsp3) is 0.143. The van der Waals surface area contributed by atoms with Gasteiger partial charge in [-0.15, -0.1) is 0 Å². The Balaban J connectivity index is 1.97. The van der Waals surface area contributed by atoms with Crippen molar-refractivity contribution in [3.05, 3.63) is 49.1 Å². The average Bonchev–Trinajstić information content (AvgIpc) is 3.07. The first-order valence-electron chi connectivity index (χ1n) is 6.20. The van der Waals surface area contributed by atoms with E-state index in [-0.39, 0.29) is 0 Å². The molecule has 0 aliphatic carbocycles. The van der Waals surface area contributed by atoms with Crippen LogP contribution >= 0.6 is 0 Å². The third-order valence-electron chi connectivity index (χ3n) is 3.07. The number of nitrogens with two attached hydrogens (primary N) is 1. The van der Waals surface area contributed by atoms with Gasteiger partial charge in [0.05, 0.1) is 6.20 Å². The minimum atomic E-state index is 0.762. The van der Waals surface area contributed by atoms with E-state index in [0.717, 1.165) is 29.3 Å². The molecule has 1 aromatic carbocycles. The van der Waals surface area contributed by atoms with Crippen molar-refractivity contribution in [3.63, 3.8) is 0 Å². The van der Waals surface area contributed by atoms with Crippen molar-refractivity contribution in [3.8, 4) is 17.1 Å². The van der Waals surface area contributed by atoms with E-state index in [1.54, 1.807) is 10.9 Å². The van der Waals surface area contributed by atoms with Crippen LogP contribution < -0.4 is 5.73 Å². The Hall–Kier alpha value is -2.56. The molecular formula is C14H15N5. The van der Waals surface area contributed by atoms with Crippen LogP contribution in [-0.4, -0.2) is 19.3 Å². The Bertz CT molecular complexity index is 678. The zero-order chi connectivity index (χ0) is 13.2. The molecule has 0 spiro atoms. The van der Waals surface area contributed by atoms with E-state index in [0.29, 0.717) is 0 Å². The van der Waals surface area contributed by atoms with Gasteiger partial charge in [0.2, 0.25) is 5.95 Å². The quantitative estimate of drug-likeness (QED) is 0.729. The Morgan fingerprint density at radius 1 is 1.16 bits per heavy atom. The third kappa shape index (κ3) is 2.10. The van der Waals surface area contributed by atoms with E-state index in [2.05, 4.69) is 17.0 Å². The topological polar surface area (TPSA) is 61.7 Å². The van der Waals surface area contributed by atoms with Gasteiger partial charge in [-0.05, 0) is 24.6 Å². The molecule has 2 aromatic heterocycles. The first kappa shape index (κ1) is 11.5. The number of aryl methyl sites for hydroxylation is 1. The van der Waals surface area contributed by atoms with Gasteiger partial charge in [0, 0.05) is 36.4 Å². The monoisotopic (exact) mass is 253 g/mol. The Morgan fingerprint density at radius 2 is 1.95 bits per heavy atom. The van der Waals surface area contributed by atoms with Gasteiger partial charge < -0.3 is 10.3 Å². The molecule has 3 rings (SSSR count). The second kappa shape index (κ2) is 4.61. The first-order chi connectivity index (χ1) is 9.28. The summed E-state index contributed by atoms with van der Waals surface area (Å²) in [6.45, 7) is 2.95. The van der Waals surface area contributed by atoms with Crippen LogP contribution in [0.1, 0.15) is 6.92 Å². The second-order valence-electron chi connectivity index (χ2n) is 4.31. The molecule has 96 valence electrons. The number of hydrogen-bond donors (Lipinski definition) is 1. The van der Waals surface area contributed by atoms with Crippen LogP contribution in [0.25, 0.3) is 17.1 Å². The summed E-state index contributed by atoms with van der Waals surface area (Å²) in [4.78, 5) is 4.32. The molecule has 0 atom stereocenters. The van der Waals surface area contributed by atoms with Crippen LogP contribution in [0.15, 0.2) is 49.1 Å². The van der Waals surface area contributed by atoms with Crippen molar-refractivity contribution in [2.24, 2.45) is 0 Å². The molecule has 0 unspecified atom stereocenters. The zero-order valence-corrected chi connectivity index (χ0v) is 10.7. The summed E-state index contributed by atoms with van der Waals surface area (Å²) in [5.41, 5.74) is 8.59. The summed E-state index contributed by atoms with van der Waals surface area (Å²) in [6, 6.07) is 7.76. The fourth-order valence-corrected chi connectivity index (χ4v) is 2.02. The molecule has 0 saturated carbocycles. The molecule has 5 heteroatoms. The molecule has 2 N–H and O–H groups in total. The van der Waals surface area contributed by atoms with E-state index in [1.165, 1.54) is 0 Å². The molecule has 0 fully saturated rings. The third-order valence-corrected chi connectivity index (χ3v) is 3.07. The number of aromatic nitrogens is 4. The Kier molecular flexibility index (Phi) is 2.79. The maximum Gasteiger partial charge on any atom is 0.230 e. The first-order valence-corrected chi connectivity index (χ1v) is 6.20. The van der Waals surface area contributed by atoms with Gasteiger partial charge in [0.15, 0.2) is 0 Å². The molecular weight excluding hydrogens is 238 g/mol. The van der Waals surface area contributed by atoms with Crippen LogP contribution in [0.5, 0.6) is 0 Å². The molecule has 0 saturated heterocycles. The summed E-state index contributed by atoms with van der Waals surface area (Å²) in [7, 11) is 0. The number of anilines is 1. The molecule has 0 bridgehead atoms. The predicted octanol–water partition coefficient (Wildman–Crippen LogP) is 2.34. The predicted molar refractivity (Wildman–Crippen MR) is 74.9 cm³/mol. The summed E-state index contributed by atoms with van der Waals surface area (Å²) >= 11 is 0. The number of nitrogen functional groups attached to an aromatic ring is 1. The Labute approximate surface area is 111 Å². The average molecular weight is 253 g/mol. The van der Waals surface area contributed by atoms with Crippen LogP contribution in [-0.2, 0) is 6.54 Å². The highest BCUT2D eigenvalue weighted by atomic mass is 15.4. The highest BCUT2D eigenvalue weighted by Gasteiger charge is 2.07. The van der Waals surface area contributed by atoms with Gasteiger partial charge in [-0.1, -0.05) is 12.1 Å². The van der Waals surface area contributed by atoms with Crippen molar-refractivity contribution in [1.82, 2.24) is 19.3 Å². The van der Waals surface area contributed by atoms with Gasteiger partial charge in [0.25, 0.3) is 0 Å². The van der Waals surface area contributed by atoms with Crippen LogP contribution in [0.2, 0.25) is 0 Å². The number of benzene rings is 1. The highest BCUT2D eigenvalue weighted by molar-refractivity contribution is 5.64. The normalized spacial score (nSPS) is 10.8. The van der Waals surface area contributed by atoms with E-state index >= 15 is 0 Å². The molecule has 0 amide bonds. The van der Waals surface area contributed by atoms with Gasteiger partial charge in [0.1, 0.15) is 0 Å². The summed E-state index contributed by atoms with van der Waals surface area (Å²) in [5, 5.41) is 4.37. The van der Waals surface area contributed by atoms with Crippen molar-refractivity contribution < 1.29 is 0 Å². The second-order valence-corrected chi connectivity index (χ2v) is 4.31. The number of imidazole rings is 1. The van der Waals surface area contributed by atoms with Gasteiger partial charge in [-0.3, -0.25) is 0 Å². The number of nitrogens with zero attached hydrogens (tertiary/aromatic N) is 4. The smallest absolute Gasteiger partial charge is 0.230 e. The van der Waals surface area contributed by atoms with Crippen LogP contribution in [0.4, 0.5) is 5.69 Å². The Morgan fingerprint density at radius 3 is 2.68 bits per heavy atom. The van der Waals surface area contributed by atoms with Crippen molar-refractivity contribution in [1.29, 1.82) is 0 Å². The zero-order valence-electron chi connectivity index (χ0n) is 10.7. The van der Waals surface area contributed by atoms with Gasteiger partial charge in [-0.2, -0.15) is 5.10 Å². The van der Waals surface area contributed by atoms with E-state index in [1.807, 2.05) is 47.4 Å². The van der Waals surface area contributed by atoms with E-state index in [9.17, 15) is 0 Å². The fourth-order valence-electron chi connectivity index (χ4n) is 2.02. The maximum absolute atomic E-state index is 5.69. The molecule has 5 nitrogen and oxygen atoms in total. The van der Waals surface area contributed by atoms with E-state index in [4.69, 9.17) is 5.73 Å². The number of rotatable bonds is 3. The van der Waals surface area contributed by atoms with Crippen molar-refractivity contribution in [2.75, 3.05) is 5.73 Å². The van der Waals surface area contributed by atoms with Crippen molar-refractivity contribution >= 4 is 5.69 Å². The lowest BCUT2D eigenvalue weighted by Crippen LogP contribution is -2.05. The lowest BCUT2D eigenvalue weighted by molar-refractivity contribution is 0.686. The molecule has 0 aliphatic rings. The molecule has 0 radical (unpaired) electrons. The summed E-state index contributed by atoms with van der Waals surface area (Å²) in [6.07, 6.45) is 7.53. The van der Waals surface area contributed by atoms with Crippen LogP contribution in [0.3, 0.4) is 0 Å². The SMILES string of the molecule is CCn1ccnc1-n1cc(-c2ccc(N)cc2)cn1. The molecule has 0 aliphatic heterocycles. The lowest BCUT2D eigenvalue weighted by atomic mass is 10.1. The van der Waals surface area contributed by atoms with Crippen LogP contribution in [0, 0.1) is 0 Å². The number of hydrogen-bond acceptors (Lipinski definition) is 3. The molecule has 19 heavy (non-hydrogen) atoms. The largest absolute Gasteiger partial charge is 0.399 e. The summed E-state index contributed by atoms with van der Waals surface area (Å²) in [5.74, 6) is 0.823. The van der Waals surface area contributed by atoms with Crippen molar-refractivity contribution in [2.45, 2.75) is 13.5 Å².